The average Bonchev–Trinajstić information content (AvgIpc) is 2.22. The zero-order chi connectivity index (χ0) is 11.5. The Kier molecular flexibility index (Phi) is 3.66. The van der Waals surface area contributed by atoms with Gasteiger partial charge in [0.1, 0.15) is 6.29 Å². The molecule has 1 rings (SSSR count). The Bertz CT molecular complexity index is 293. The Balaban J connectivity index is 3.04. The fourth-order valence-corrected chi connectivity index (χ4v) is 2.21. The second-order valence-corrected chi connectivity index (χ2v) is 4.38. The van der Waals surface area contributed by atoms with Crippen LogP contribution >= 0.6 is 0 Å². The Morgan fingerprint density at radius 1 is 1.73 bits per heavy atom. The molecule has 0 saturated heterocycles. The fourth-order valence-electron chi connectivity index (χ4n) is 2.21. The molecule has 3 nitrogen and oxygen atoms in total. The van der Waals surface area contributed by atoms with Crippen molar-refractivity contribution in [3.8, 4) is 0 Å². The predicted molar refractivity (Wildman–Crippen MR) is 57.3 cm³/mol. The van der Waals surface area contributed by atoms with E-state index in [0.29, 0.717) is 17.9 Å². The molecule has 0 aliphatic heterocycles. The number of methoxy groups -OCH3 is 1. The highest BCUT2D eigenvalue weighted by molar-refractivity contribution is 5.90. The molecule has 0 heterocycles. The summed E-state index contributed by atoms with van der Waals surface area (Å²) in [4.78, 5) is 22.3. The third-order valence-corrected chi connectivity index (χ3v) is 3.56. The minimum atomic E-state index is -0.354. The van der Waals surface area contributed by atoms with Crippen LogP contribution in [0, 0.1) is 11.3 Å². The van der Waals surface area contributed by atoms with Crippen molar-refractivity contribution in [2.24, 2.45) is 11.3 Å². The molecule has 0 aromatic heterocycles. The van der Waals surface area contributed by atoms with Crippen LogP contribution in [0.4, 0.5) is 0 Å². The van der Waals surface area contributed by atoms with Crippen molar-refractivity contribution in [1.82, 2.24) is 0 Å². The highest BCUT2D eigenvalue weighted by Gasteiger charge is 2.40. The van der Waals surface area contributed by atoms with Gasteiger partial charge in [0.2, 0.25) is 0 Å². The minimum absolute atomic E-state index is 0.300. The van der Waals surface area contributed by atoms with Crippen molar-refractivity contribution < 1.29 is 14.3 Å². The van der Waals surface area contributed by atoms with Crippen LogP contribution in [-0.4, -0.2) is 19.4 Å². The van der Waals surface area contributed by atoms with E-state index < -0.39 is 0 Å². The quantitative estimate of drug-likeness (QED) is 0.529. The van der Waals surface area contributed by atoms with Crippen LogP contribution in [0.3, 0.4) is 0 Å². The van der Waals surface area contributed by atoms with E-state index in [1.54, 1.807) is 0 Å². The summed E-state index contributed by atoms with van der Waals surface area (Å²) >= 11 is 0. The molecular weight excluding hydrogens is 192 g/mol. The number of ether oxygens (including phenoxy) is 1. The van der Waals surface area contributed by atoms with E-state index in [9.17, 15) is 9.59 Å². The fraction of sp³-hybridized carbons (Fsp3) is 0.667. The number of rotatable bonds is 3. The first-order valence-corrected chi connectivity index (χ1v) is 5.29. The standard InChI is InChI=1S/C12H18O3/c1-9-5-4-6-10(11(14)15-3)12(9,2)7-8-13/h6,8-9H,4-5,7H2,1-3H3/t9-,12+/m1/s1. The van der Waals surface area contributed by atoms with Crippen molar-refractivity contribution in [3.63, 3.8) is 0 Å². The maximum Gasteiger partial charge on any atom is 0.333 e. The lowest BCUT2D eigenvalue weighted by atomic mass is 9.65. The van der Waals surface area contributed by atoms with E-state index in [1.165, 1.54) is 7.11 Å². The molecule has 0 bridgehead atoms. The largest absolute Gasteiger partial charge is 0.466 e. The van der Waals surface area contributed by atoms with E-state index in [-0.39, 0.29) is 11.4 Å². The Morgan fingerprint density at radius 2 is 2.40 bits per heavy atom. The third-order valence-electron chi connectivity index (χ3n) is 3.56. The first-order valence-electron chi connectivity index (χ1n) is 5.29. The van der Waals surface area contributed by atoms with E-state index in [0.717, 1.165) is 19.1 Å². The molecule has 0 amide bonds. The number of esters is 1. The van der Waals surface area contributed by atoms with Crippen LogP contribution in [0.1, 0.15) is 33.1 Å². The summed E-state index contributed by atoms with van der Waals surface area (Å²) in [5.41, 5.74) is 0.309. The lowest BCUT2D eigenvalue weighted by molar-refractivity contribution is -0.138. The van der Waals surface area contributed by atoms with Gasteiger partial charge >= 0.3 is 5.97 Å². The predicted octanol–water partition coefficient (Wildman–Crippen LogP) is 2.11. The molecule has 15 heavy (non-hydrogen) atoms. The number of hydrogen-bond acceptors (Lipinski definition) is 3. The molecule has 0 saturated carbocycles. The number of allylic oxidation sites excluding steroid dienone is 1. The van der Waals surface area contributed by atoms with Gasteiger partial charge in [0.05, 0.1) is 7.11 Å². The van der Waals surface area contributed by atoms with Gasteiger partial charge in [0.15, 0.2) is 0 Å². The van der Waals surface area contributed by atoms with Crippen molar-refractivity contribution in [2.75, 3.05) is 7.11 Å². The van der Waals surface area contributed by atoms with Crippen LogP contribution in [0.15, 0.2) is 11.6 Å². The lowest BCUT2D eigenvalue weighted by Crippen LogP contribution is -2.35. The number of hydrogen-bond donors (Lipinski definition) is 0. The number of carbonyl (C=O) groups is 2. The molecule has 84 valence electrons. The number of carbonyl (C=O) groups excluding carboxylic acids is 2. The lowest BCUT2D eigenvalue weighted by Gasteiger charge is -2.38. The topological polar surface area (TPSA) is 43.4 Å². The summed E-state index contributed by atoms with van der Waals surface area (Å²) < 4.78 is 4.76. The molecular formula is C12H18O3. The van der Waals surface area contributed by atoms with E-state index >= 15 is 0 Å². The van der Waals surface area contributed by atoms with Crippen molar-refractivity contribution in [2.45, 2.75) is 33.1 Å². The van der Waals surface area contributed by atoms with Gasteiger partial charge in [-0.15, -0.1) is 0 Å². The molecule has 0 spiro atoms. The molecule has 0 aromatic carbocycles. The van der Waals surface area contributed by atoms with Crippen LogP contribution in [0.5, 0.6) is 0 Å². The second-order valence-electron chi connectivity index (χ2n) is 4.38. The first-order chi connectivity index (χ1) is 7.06. The van der Waals surface area contributed by atoms with Gasteiger partial charge in [-0.05, 0) is 18.8 Å². The second kappa shape index (κ2) is 4.60. The maximum absolute atomic E-state index is 11.6. The third kappa shape index (κ3) is 2.11. The summed E-state index contributed by atoms with van der Waals surface area (Å²) in [7, 11) is 1.38. The average molecular weight is 210 g/mol. The van der Waals surface area contributed by atoms with Gasteiger partial charge < -0.3 is 9.53 Å². The molecule has 0 radical (unpaired) electrons. The zero-order valence-electron chi connectivity index (χ0n) is 9.58. The van der Waals surface area contributed by atoms with E-state index in [4.69, 9.17) is 4.74 Å². The first kappa shape index (κ1) is 12.0. The van der Waals surface area contributed by atoms with Gasteiger partial charge in [0, 0.05) is 17.4 Å². The van der Waals surface area contributed by atoms with Gasteiger partial charge in [0.25, 0.3) is 0 Å². The van der Waals surface area contributed by atoms with Crippen molar-refractivity contribution >= 4 is 12.3 Å². The maximum atomic E-state index is 11.6. The van der Waals surface area contributed by atoms with E-state index in [2.05, 4.69) is 6.92 Å². The SMILES string of the molecule is COC(=O)C1=CCC[C@@H](C)[C@]1(C)CC=O. The van der Waals surface area contributed by atoms with Crippen LogP contribution in [-0.2, 0) is 14.3 Å². The highest BCUT2D eigenvalue weighted by Crippen LogP contribution is 2.44. The molecule has 0 aromatic rings. The van der Waals surface area contributed by atoms with Gasteiger partial charge in [-0.1, -0.05) is 19.9 Å². The molecule has 1 aliphatic rings. The molecule has 2 atom stereocenters. The molecule has 0 N–H and O–H groups in total. The summed E-state index contributed by atoms with van der Waals surface area (Å²) in [6, 6.07) is 0. The van der Waals surface area contributed by atoms with Crippen molar-refractivity contribution in [3.05, 3.63) is 11.6 Å². The summed E-state index contributed by atoms with van der Waals surface area (Å²) in [5, 5.41) is 0. The molecule has 0 unspecified atom stereocenters. The molecule has 1 aliphatic carbocycles. The van der Waals surface area contributed by atoms with Crippen LogP contribution < -0.4 is 0 Å². The number of aldehydes is 1. The van der Waals surface area contributed by atoms with Gasteiger partial charge in [-0.25, -0.2) is 4.79 Å². The molecule has 3 heteroatoms. The summed E-state index contributed by atoms with van der Waals surface area (Å²) in [6.45, 7) is 4.05. The Morgan fingerprint density at radius 3 is 2.93 bits per heavy atom. The van der Waals surface area contributed by atoms with Gasteiger partial charge in [-0.3, -0.25) is 0 Å². The Hall–Kier alpha value is -1.12. The zero-order valence-corrected chi connectivity index (χ0v) is 9.58. The smallest absolute Gasteiger partial charge is 0.333 e. The highest BCUT2D eigenvalue weighted by atomic mass is 16.5. The summed E-state index contributed by atoms with van der Waals surface area (Å²) in [6.07, 6.45) is 5.09. The van der Waals surface area contributed by atoms with E-state index in [1.807, 2.05) is 13.0 Å². The van der Waals surface area contributed by atoms with Gasteiger partial charge in [-0.2, -0.15) is 0 Å². The van der Waals surface area contributed by atoms with Crippen LogP contribution in [0.25, 0.3) is 0 Å². The monoisotopic (exact) mass is 210 g/mol. The van der Waals surface area contributed by atoms with Crippen LogP contribution in [0.2, 0.25) is 0 Å². The summed E-state index contributed by atoms with van der Waals surface area (Å²) in [5.74, 6) is 0.0349. The Labute approximate surface area is 90.5 Å². The molecule has 0 fully saturated rings. The minimum Gasteiger partial charge on any atom is -0.466 e. The normalized spacial score (nSPS) is 30.6. The van der Waals surface area contributed by atoms with Crippen molar-refractivity contribution in [1.29, 1.82) is 0 Å².